The number of aliphatic hydroxyl groups excluding tert-OH is 1. The quantitative estimate of drug-likeness (QED) is 0.746. The van der Waals surface area contributed by atoms with Crippen molar-refractivity contribution in [3.05, 3.63) is 17.0 Å². The van der Waals surface area contributed by atoms with Gasteiger partial charge in [0.05, 0.1) is 12.1 Å². The van der Waals surface area contributed by atoms with Crippen LogP contribution in [0.3, 0.4) is 0 Å². The van der Waals surface area contributed by atoms with Crippen molar-refractivity contribution >= 4 is 5.91 Å². The molecule has 0 aromatic carbocycles. The molecule has 3 rings (SSSR count). The number of carbonyl (C=O) groups excluding carboxylic acids is 1. The number of nitrogens with zero attached hydrogens (tertiary/aromatic N) is 1. The van der Waals surface area contributed by atoms with Crippen molar-refractivity contribution in [2.45, 2.75) is 50.5 Å². The van der Waals surface area contributed by atoms with E-state index in [1.807, 2.05) is 0 Å². The molecular formula is C13H19N3O2. The second-order valence-electron chi connectivity index (χ2n) is 5.48. The Labute approximate surface area is 106 Å². The third kappa shape index (κ3) is 1.82. The Morgan fingerprint density at radius 3 is 2.83 bits per heavy atom. The number of fused-ring (bicyclic) bond motifs is 1. The molecule has 18 heavy (non-hydrogen) atoms. The number of aliphatic hydroxyl groups is 1. The van der Waals surface area contributed by atoms with Crippen LogP contribution in [-0.2, 0) is 12.8 Å². The first kappa shape index (κ1) is 11.7. The zero-order valence-electron chi connectivity index (χ0n) is 10.5. The van der Waals surface area contributed by atoms with Gasteiger partial charge in [0.1, 0.15) is 0 Å². The topological polar surface area (TPSA) is 78.0 Å². The van der Waals surface area contributed by atoms with E-state index in [0.717, 1.165) is 56.2 Å². The lowest BCUT2D eigenvalue weighted by Gasteiger charge is -2.27. The van der Waals surface area contributed by atoms with Crippen LogP contribution in [0.15, 0.2) is 0 Å². The number of aromatic amines is 1. The molecule has 0 radical (unpaired) electrons. The Bertz CT molecular complexity index is 461. The van der Waals surface area contributed by atoms with E-state index in [-0.39, 0.29) is 12.5 Å². The van der Waals surface area contributed by atoms with Gasteiger partial charge in [0, 0.05) is 11.3 Å². The van der Waals surface area contributed by atoms with Gasteiger partial charge in [-0.2, -0.15) is 5.10 Å². The third-order valence-corrected chi connectivity index (χ3v) is 4.26. The number of aryl methyl sites for hydroxylation is 1. The summed E-state index contributed by atoms with van der Waals surface area (Å²) in [4.78, 5) is 12.3. The molecule has 1 fully saturated rings. The van der Waals surface area contributed by atoms with Gasteiger partial charge in [-0.3, -0.25) is 9.89 Å². The molecule has 0 atom stereocenters. The van der Waals surface area contributed by atoms with Crippen molar-refractivity contribution in [1.82, 2.24) is 15.5 Å². The number of hydrogen-bond acceptors (Lipinski definition) is 3. The maximum Gasteiger partial charge on any atom is 0.272 e. The second-order valence-corrected chi connectivity index (χ2v) is 5.48. The number of carbonyl (C=O) groups is 1. The molecule has 0 spiro atoms. The number of hydrogen-bond donors (Lipinski definition) is 3. The molecule has 1 amide bonds. The summed E-state index contributed by atoms with van der Waals surface area (Å²) in [5.41, 5.74) is 2.28. The van der Waals surface area contributed by atoms with E-state index >= 15 is 0 Å². The van der Waals surface area contributed by atoms with Gasteiger partial charge < -0.3 is 10.4 Å². The Kier molecular flexibility index (Phi) is 2.86. The number of H-pyrrole nitrogens is 1. The maximum atomic E-state index is 12.3. The molecule has 1 aromatic heterocycles. The summed E-state index contributed by atoms with van der Waals surface area (Å²) in [5.74, 6) is -0.134. The van der Waals surface area contributed by atoms with E-state index in [1.165, 1.54) is 0 Å². The van der Waals surface area contributed by atoms with Crippen LogP contribution in [0.5, 0.6) is 0 Å². The highest BCUT2D eigenvalue weighted by Gasteiger charge is 2.36. The second kappa shape index (κ2) is 4.39. The molecule has 1 saturated carbocycles. The van der Waals surface area contributed by atoms with Crippen molar-refractivity contribution < 1.29 is 9.90 Å². The first-order valence-electron chi connectivity index (χ1n) is 6.74. The molecule has 1 aromatic rings. The van der Waals surface area contributed by atoms with Crippen LogP contribution < -0.4 is 5.32 Å². The molecule has 0 saturated heterocycles. The van der Waals surface area contributed by atoms with E-state index in [4.69, 9.17) is 0 Å². The summed E-state index contributed by atoms with van der Waals surface area (Å²) in [6.07, 6.45) is 6.87. The first-order valence-corrected chi connectivity index (χ1v) is 6.74. The summed E-state index contributed by atoms with van der Waals surface area (Å²) < 4.78 is 0. The van der Waals surface area contributed by atoms with Crippen LogP contribution in [0.2, 0.25) is 0 Å². The minimum atomic E-state index is -0.415. The van der Waals surface area contributed by atoms with Gasteiger partial charge in [-0.15, -0.1) is 0 Å². The number of aromatic nitrogens is 2. The Morgan fingerprint density at radius 2 is 2.11 bits per heavy atom. The van der Waals surface area contributed by atoms with Crippen molar-refractivity contribution in [2.24, 2.45) is 0 Å². The van der Waals surface area contributed by atoms with Crippen LogP contribution in [0, 0.1) is 0 Å². The largest absolute Gasteiger partial charge is 0.394 e. The zero-order valence-corrected chi connectivity index (χ0v) is 10.5. The highest BCUT2D eigenvalue weighted by atomic mass is 16.3. The fraction of sp³-hybridized carbons (Fsp3) is 0.692. The van der Waals surface area contributed by atoms with Crippen molar-refractivity contribution in [3.8, 4) is 0 Å². The van der Waals surface area contributed by atoms with Gasteiger partial charge in [-0.05, 0) is 32.1 Å². The molecule has 5 nitrogen and oxygen atoms in total. The number of rotatable bonds is 3. The lowest BCUT2D eigenvalue weighted by Crippen LogP contribution is -2.49. The summed E-state index contributed by atoms with van der Waals surface area (Å²) >= 11 is 0. The van der Waals surface area contributed by atoms with Crippen LogP contribution in [0.25, 0.3) is 0 Å². The van der Waals surface area contributed by atoms with E-state index in [0.29, 0.717) is 5.69 Å². The molecule has 2 aliphatic carbocycles. The molecule has 5 heteroatoms. The standard InChI is InChI=1S/C13H19N3O2/c17-8-13(6-1-2-7-13)14-12(18)11-9-4-3-5-10(9)15-16-11/h17H,1-8H2,(H,14,18)(H,15,16). The molecule has 2 aliphatic rings. The molecule has 0 unspecified atom stereocenters. The van der Waals surface area contributed by atoms with Crippen LogP contribution >= 0.6 is 0 Å². The van der Waals surface area contributed by atoms with E-state index < -0.39 is 5.54 Å². The average Bonchev–Trinajstić information content (AvgIpc) is 3.04. The summed E-state index contributed by atoms with van der Waals surface area (Å²) in [6, 6.07) is 0. The van der Waals surface area contributed by atoms with Crippen molar-refractivity contribution in [1.29, 1.82) is 0 Å². The summed E-state index contributed by atoms with van der Waals surface area (Å²) in [6.45, 7) is 0.0192. The highest BCUT2D eigenvalue weighted by molar-refractivity contribution is 5.94. The van der Waals surface area contributed by atoms with Crippen LogP contribution in [0.1, 0.15) is 53.8 Å². The van der Waals surface area contributed by atoms with Crippen LogP contribution in [0.4, 0.5) is 0 Å². The van der Waals surface area contributed by atoms with Gasteiger partial charge in [-0.1, -0.05) is 12.8 Å². The normalized spacial score (nSPS) is 20.9. The van der Waals surface area contributed by atoms with Crippen molar-refractivity contribution in [3.63, 3.8) is 0 Å². The molecule has 0 aliphatic heterocycles. The van der Waals surface area contributed by atoms with Gasteiger partial charge in [-0.25, -0.2) is 0 Å². The lowest BCUT2D eigenvalue weighted by atomic mass is 9.98. The number of amides is 1. The average molecular weight is 249 g/mol. The molecule has 0 bridgehead atoms. The molecular weight excluding hydrogens is 230 g/mol. The lowest BCUT2D eigenvalue weighted by molar-refractivity contribution is 0.0832. The first-order chi connectivity index (χ1) is 8.74. The van der Waals surface area contributed by atoms with Crippen LogP contribution in [-0.4, -0.2) is 33.4 Å². The summed E-state index contributed by atoms with van der Waals surface area (Å²) in [7, 11) is 0. The van der Waals surface area contributed by atoms with Gasteiger partial charge in [0.2, 0.25) is 0 Å². The molecule has 98 valence electrons. The zero-order chi connectivity index (χ0) is 12.6. The fourth-order valence-electron chi connectivity index (χ4n) is 3.18. The van der Waals surface area contributed by atoms with E-state index in [1.54, 1.807) is 0 Å². The Balaban J connectivity index is 1.78. The van der Waals surface area contributed by atoms with E-state index in [9.17, 15) is 9.90 Å². The van der Waals surface area contributed by atoms with Gasteiger partial charge >= 0.3 is 0 Å². The van der Waals surface area contributed by atoms with Gasteiger partial charge in [0.25, 0.3) is 5.91 Å². The van der Waals surface area contributed by atoms with E-state index in [2.05, 4.69) is 15.5 Å². The van der Waals surface area contributed by atoms with Gasteiger partial charge in [0.15, 0.2) is 5.69 Å². The SMILES string of the molecule is O=C(NC1(CO)CCCC1)c1n[nH]c2c1CCC2. The monoisotopic (exact) mass is 249 g/mol. The molecule has 1 heterocycles. The van der Waals surface area contributed by atoms with Crippen molar-refractivity contribution in [2.75, 3.05) is 6.61 Å². The Morgan fingerprint density at radius 1 is 1.33 bits per heavy atom. The third-order valence-electron chi connectivity index (χ3n) is 4.26. The predicted octanol–water partition coefficient (Wildman–Crippen LogP) is 0.933. The Hall–Kier alpha value is -1.36. The fourth-order valence-corrected chi connectivity index (χ4v) is 3.18. The minimum Gasteiger partial charge on any atom is -0.394 e. The summed E-state index contributed by atoms with van der Waals surface area (Å²) in [5, 5.41) is 19.6. The predicted molar refractivity (Wildman–Crippen MR) is 66.4 cm³/mol. The minimum absolute atomic E-state index is 0.0192. The number of nitrogens with one attached hydrogen (secondary N) is 2. The smallest absolute Gasteiger partial charge is 0.272 e. The molecule has 3 N–H and O–H groups in total. The highest BCUT2D eigenvalue weighted by Crippen LogP contribution is 2.30. The maximum absolute atomic E-state index is 12.3.